The van der Waals surface area contributed by atoms with Crippen molar-refractivity contribution in [3.63, 3.8) is 0 Å². The van der Waals surface area contributed by atoms with Crippen molar-refractivity contribution < 1.29 is 17.6 Å². The van der Waals surface area contributed by atoms with E-state index < -0.39 is 15.7 Å². The molecule has 0 bridgehead atoms. The lowest BCUT2D eigenvalue weighted by Crippen LogP contribution is -2.35. The maximum absolute atomic E-state index is 12.9. The first-order valence-corrected chi connectivity index (χ1v) is 9.42. The van der Waals surface area contributed by atoms with Crippen LogP contribution in [0.15, 0.2) is 59.5 Å². The van der Waals surface area contributed by atoms with Gasteiger partial charge in [0.15, 0.2) is 9.84 Å². The lowest BCUT2D eigenvalue weighted by atomic mass is 10.1. The highest BCUT2D eigenvalue weighted by Crippen LogP contribution is 2.13. The molecule has 2 rings (SSSR count). The molecule has 2 aromatic rings. The van der Waals surface area contributed by atoms with E-state index in [0.717, 1.165) is 0 Å². The SMILES string of the molecule is CC[C@@H](CCS(=O)(=O)c1ccccc1)NC(=O)c1ccc(F)cc1. The molecule has 0 spiro atoms. The number of hydrogen-bond acceptors (Lipinski definition) is 3. The number of carbonyl (C=O) groups is 1. The second kappa shape index (κ2) is 8.06. The second-order valence-corrected chi connectivity index (χ2v) is 7.62. The number of sulfone groups is 1. The summed E-state index contributed by atoms with van der Waals surface area (Å²) in [5.74, 6) is -0.786. The molecule has 0 saturated heterocycles. The van der Waals surface area contributed by atoms with E-state index in [9.17, 15) is 17.6 Å². The highest BCUT2D eigenvalue weighted by molar-refractivity contribution is 7.91. The van der Waals surface area contributed by atoms with E-state index in [-0.39, 0.29) is 22.6 Å². The van der Waals surface area contributed by atoms with E-state index >= 15 is 0 Å². The summed E-state index contributed by atoms with van der Waals surface area (Å²) in [5, 5.41) is 2.80. The number of carbonyl (C=O) groups excluding carboxylic acids is 1. The first-order valence-electron chi connectivity index (χ1n) is 7.76. The number of benzene rings is 2. The summed E-state index contributed by atoms with van der Waals surface area (Å²) >= 11 is 0. The molecular weight excluding hydrogens is 329 g/mol. The molecule has 1 atom stereocenters. The van der Waals surface area contributed by atoms with Gasteiger partial charge in [-0.2, -0.15) is 0 Å². The van der Waals surface area contributed by atoms with Gasteiger partial charge in [0.2, 0.25) is 0 Å². The predicted molar refractivity (Wildman–Crippen MR) is 91.1 cm³/mol. The molecular formula is C18H20FNO3S. The Balaban J connectivity index is 1.97. The van der Waals surface area contributed by atoms with E-state index in [0.29, 0.717) is 18.4 Å². The van der Waals surface area contributed by atoms with Crippen LogP contribution in [0.25, 0.3) is 0 Å². The second-order valence-electron chi connectivity index (χ2n) is 5.51. The van der Waals surface area contributed by atoms with Crippen LogP contribution >= 0.6 is 0 Å². The summed E-state index contributed by atoms with van der Waals surface area (Å²) in [6, 6.07) is 13.2. The minimum absolute atomic E-state index is 0.0424. The molecule has 1 amide bonds. The van der Waals surface area contributed by atoms with Crippen molar-refractivity contribution in [3.8, 4) is 0 Å². The number of halogens is 1. The van der Waals surface area contributed by atoms with Crippen LogP contribution in [0.4, 0.5) is 4.39 Å². The maximum Gasteiger partial charge on any atom is 0.251 e. The van der Waals surface area contributed by atoms with Crippen molar-refractivity contribution in [3.05, 3.63) is 66.0 Å². The predicted octanol–water partition coefficient (Wildman–Crippen LogP) is 3.20. The van der Waals surface area contributed by atoms with Gasteiger partial charge in [0.25, 0.3) is 5.91 Å². The van der Waals surface area contributed by atoms with Crippen LogP contribution in [0.5, 0.6) is 0 Å². The van der Waals surface area contributed by atoms with Gasteiger partial charge in [-0.15, -0.1) is 0 Å². The zero-order valence-electron chi connectivity index (χ0n) is 13.4. The highest BCUT2D eigenvalue weighted by atomic mass is 32.2. The van der Waals surface area contributed by atoms with Gasteiger partial charge >= 0.3 is 0 Å². The molecule has 0 fully saturated rings. The molecule has 24 heavy (non-hydrogen) atoms. The van der Waals surface area contributed by atoms with Gasteiger partial charge in [0, 0.05) is 11.6 Å². The summed E-state index contributed by atoms with van der Waals surface area (Å²) in [6.07, 6.45) is 0.928. The topological polar surface area (TPSA) is 63.2 Å². The third-order valence-electron chi connectivity index (χ3n) is 3.77. The third kappa shape index (κ3) is 4.89. The quantitative estimate of drug-likeness (QED) is 0.835. The van der Waals surface area contributed by atoms with Crippen molar-refractivity contribution in [2.24, 2.45) is 0 Å². The Bertz CT molecular complexity index is 774. The van der Waals surface area contributed by atoms with Crippen LogP contribution in [0.2, 0.25) is 0 Å². The van der Waals surface area contributed by atoms with Crippen molar-refractivity contribution in [2.75, 3.05) is 5.75 Å². The minimum atomic E-state index is -3.37. The number of nitrogens with one attached hydrogen (secondary N) is 1. The van der Waals surface area contributed by atoms with Crippen molar-refractivity contribution >= 4 is 15.7 Å². The fourth-order valence-electron chi connectivity index (χ4n) is 2.29. The molecule has 0 aliphatic rings. The molecule has 128 valence electrons. The normalized spacial score (nSPS) is 12.6. The first kappa shape index (κ1) is 18.1. The van der Waals surface area contributed by atoms with Crippen LogP contribution in [0.3, 0.4) is 0 Å². The van der Waals surface area contributed by atoms with Crippen LogP contribution < -0.4 is 5.32 Å². The number of amides is 1. The largest absolute Gasteiger partial charge is 0.349 e. The summed E-state index contributed by atoms with van der Waals surface area (Å²) < 4.78 is 37.5. The van der Waals surface area contributed by atoms with Gasteiger partial charge in [0.1, 0.15) is 5.82 Å². The molecule has 4 nitrogen and oxygen atoms in total. The summed E-state index contributed by atoms with van der Waals surface area (Å²) in [4.78, 5) is 12.4. The van der Waals surface area contributed by atoms with Gasteiger partial charge in [-0.3, -0.25) is 4.79 Å². The van der Waals surface area contributed by atoms with Gasteiger partial charge in [-0.25, -0.2) is 12.8 Å². The zero-order chi connectivity index (χ0) is 17.6. The molecule has 0 radical (unpaired) electrons. The smallest absolute Gasteiger partial charge is 0.251 e. The van der Waals surface area contributed by atoms with Gasteiger partial charge < -0.3 is 5.32 Å². The van der Waals surface area contributed by atoms with E-state index in [1.807, 2.05) is 6.92 Å². The lowest BCUT2D eigenvalue weighted by Gasteiger charge is -2.17. The average molecular weight is 349 g/mol. The molecule has 0 saturated carbocycles. The van der Waals surface area contributed by atoms with Crippen LogP contribution in [-0.2, 0) is 9.84 Å². The molecule has 1 N–H and O–H groups in total. The van der Waals surface area contributed by atoms with Crippen molar-refractivity contribution in [1.82, 2.24) is 5.32 Å². The Hall–Kier alpha value is -2.21. The zero-order valence-corrected chi connectivity index (χ0v) is 14.2. The lowest BCUT2D eigenvalue weighted by molar-refractivity contribution is 0.0935. The number of hydrogen-bond donors (Lipinski definition) is 1. The third-order valence-corrected chi connectivity index (χ3v) is 5.54. The van der Waals surface area contributed by atoms with Crippen LogP contribution in [-0.4, -0.2) is 26.1 Å². The fraction of sp³-hybridized carbons (Fsp3) is 0.278. The Labute approximate surface area is 141 Å². The van der Waals surface area contributed by atoms with E-state index in [1.54, 1.807) is 30.3 Å². The van der Waals surface area contributed by atoms with Crippen molar-refractivity contribution in [2.45, 2.75) is 30.7 Å². The molecule has 0 aliphatic carbocycles. The molecule has 0 aliphatic heterocycles. The maximum atomic E-state index is 12.9. The Morgan fingerprint density at radius 1 is 1.08 bits per heavy atom. The Kier molecular flexibility index (Phi) is 6.09. The van der Waals surface area contributed by atoms with Gasteiger partial charge in [0.05, 0.1) is 10.6 Å². The Morgan fingerprint density at radius 2 is 1.71 bits per heavy atom. The minimum Gasteiger partial charge on any atom is -0.349 e. The fourth-order valence-corrected chi connectivity index (χ4v) is 3.69. The van der Waals surface area contributed by atoms with E-state index in [2.05, 4.69) is 5.32 Å². The van der Waals surface area contributed by atoms with Crippen LogP contribution in [0, 0.1) is 5.82 Å². The van der Waals surface area contributed by atoms with Gasteiger partial charge in [-0.05, 0) is 49.2 Å². The molecule has 0 heterocycles. The first-order chi connectivity index (χ1) is 11.4. The summed E-state index contributed by atoms with van der Waals surface area (Å²) in [7, 11) is -3.37. The molecule has 6 heteroatoms. The van der Waals surface area contributed by atoms with Gasteiger partial charge in [-0.1, -0.05) is 25.1 Å². The van der Waals surface area contributed by atoms with Crippen molar-refractivity contribution in [1.29, 1.82) is 0 Å². The standard InChI is InChI=1S/C18H20FNO3S/c1-2-16(20-18(21)14-8-10-15(19)11-9-14)12-13-24(22,23)17-6-4-3-5-7-17/h3-11,16H,2,12-13H2,1H3,(H,20,21)/t16-/m0/s1. The number of rotatable bonds is 7. The average Bonchev–Trinajstić information content (AvgIpc) is 2.59. The molecule has 2 aromatic carbocycles. The molecule has 0 aromatic heterocycles. The van der Waals surface area contributed by atoms with E-state index in [4.69, 9.17) is 0 Å². The monoisotopic (exact) mass is 349 g/mol. The molecule has 0 unspecified atom stereocenters. The van der Waals surface area contributed by atoms with Crippen LogP contribution in [0.1, 0.15) is 30.1 Å². The Morgan fingerprint density at radius 3 is 2.29 bits per heavy atom. The van der Waals surface area contributed by atoms with E-state index in [1.165, 1.54) is 24.3 Å². The summed E-state index contributed by atoms with van der Waals surface area (Å²) in [5.41, 5.74) is 0.348. The highest BCUT2D eigenvalue weighted by Gasteiger charge is 2.18. The summed E-state index contributed by atoms with van der Waals surface area (Å²) in [6.45, 7) is 1.88.